The molecule has 0 radical (unpaired) electrons. The van der Waals surface area contributed by atoms with Crippen LogP contribution in [0.3, 0.4) is 0 Å². The van der Waals surface area contributed by atoms with Crippen LogP contribution in [0.2, 0.25) is 0 Å². The maximum atomic E-state index is 14.1. The van der Waals surface area contributed by atoms with E-state index in [0.717, 1.165) is 24.3 Å². The van der Waals surface area contributed by atoms with Crippen LogP contribution < -0.4 is 0 Å². The van der Waals surface area contributed by atoms with Crippen LogP contribution in [0.4, 0.5) is 26.3 Å². The molecule has 48 heavy (non-hydrogen) atoms. The van der Waals surface area contributed by atoms with Gasteiger partial charge in [0.15, 0.2) is 34.9 Å². The Morgan fingerprint density at radius 2 is 0.771 bits per heavy atom. The summed E-state index contributed by atoms with van der Waals surface area (Å²) in [4.78, 5) is 6.84. The quantitative estimate of drug-likeness (QED) is 0.0819. The minimum atomic E-state index is -1.62. The number of nitriles is 2. The first-order valence-electron chi connectivity index (χ1n) is 13.9. The zero-order valence-electron chi connectivity index (χ0n) is 24.0. The fourth-order valence-corrected chi connectivity index (χ4v) is 6.31. The maximum Gasteiger partial charge on any atom is 0.270 e. The van der Waals surface area contributed by atoms with Gasteiger partial charge in [-0.2, -0.15) is 0 Å². The third-order valence-electron chi connectivity index (χ3n) is 8.40. The van der Waals surface area contributed by atoms with Crippen LogP contribution in [-0.2, 0) is 0 Å². The summed E-state index contributed by atoms with van der Waals surface area (Å²) in [5.74, 6) is -8.78. The highest BCUT2D eigenvalue weighted by Gasteiger charge is 2.34. The first kappa shape index (κ1) is 29.8. The lowest BCUT2D eigenvalue weighted by Crippen LogP contribution is -1.93. The number of nitrogens with zero attached hydrogens (tertiary/aromatic N) is 4. The second-order valence-corrected chi connectivity index (χ2v) is 10.9. The summed E-state index contributed by atoms with van der Waals surface area (Å²) in [6, 6.07) is 20.0. The van der Waals surface area contributed by atoms with Gasteiger partial charge in [0.25, 0.3) is 11.4 Å². The first-order valence-corrected chi connectivity index (χ1v) is 13.9. The topological polar surface area (TPSA) is 56.3 Å². The van der Waals surface area contributed by atoms with Crippen LogP contribution in [0, 0.1) is 70.7 Å². The molecule has 0 amide bonds. The van der Waals surface area contributed by atoms with Crippen LogP contribution in [-0.4, -0.2) is 0 Å². The van der Waals surface area contributed by atoms with Gasteiger partial charge in [0, 0.05) is 11.1 Å². The molecule has 0 aliphatic heterocycles. The lowest BCUT2D eigenvalue weighted by atomic mass is 9.95. The predicted molar refractivity (Wildman–Crippen MR) is 164 cm³/mol. The SMILES string of the molecule is [C-]#[N+]C(C#N)=C1c2cc(-c3cc(F)c(F)c(F)c3)ccc2-c2cc3c(cc21)-c1ccc(-c2cc(F)c(F)c(F)c2)cc1C3=C(C#N)[N+]#[C-]. The molecule has 0 unspecified atom stereocenters. The van der Waals surface area contributed by atoms with E-state index in [0.29, 0.717) is 55.6 Å². The minimum Gasteiger partial charge on any atom is -0.226 e. The second kappa shape index (κ2) is 10.9. The summed E-state index contributed by atoms with van der Waals surface area (Å²) >= 11 is 0. The highest BCUT2D eigenvalue weighted by atomic mass is 19.2. The second-order valence-electron chi connectivity index (χ2n) is 10.9. The summed E-state index contributed by atoms with van der Waals surface area (Å²) in [6.07, 6.45) is 0. The molecule has 0 saturated heterocycles. The first-order chi connectivity index (χ1) is 23.1. The van der Waals surface area contributed by atoms with E-state index in [-0.39, 0.29) is 33.7 Å². The molecule has 0 bridgehead atoms. The van der Waals surface area contributed by atoms with Gasteiger partial charge in [-0.3, -0.25) is 0 Å². The van der Waals surface area contributed by atoms with Crippen molar-refractivity contribution in [2.45, 2.75) is 0 Å². The maximum absolute atomic E-state index is 14.1. The lowest BCUT2D eigenvalue weighted by molar-refractivity contribution is 0.447. The van der Waals surface area contributed by atoms with Crippen LogP contribution in [0.15, 0.2) is 84.2 Å². The molecule has 2 aliphatic carbocycles. The Morgan fingerprint density at radius 1 is 0.438 bits per heavy atom. The van der Waals surface area contributed by atoms with Gasteiger partial charge in [0.2, 0.25) is 0 Å². The van der Waals surface area contributed by atoms with E-state index in [1.54, 1.807) is 48.5 Å². The molecular weight excluding hydrogens is 626 g/mol. The Hall–Kier alpha value is -6.88. The van der Waals surface area contributed by atoms with Gasteiger partial charge in [0.1, 0.15) is 0 Å². The van der Waals surface area contributed by atoms with E-state index >= 15 is 0 Å². The minimum absolute atomic E-state index is 0.0277. The Balaban J connectivity index is 1.47. The molecule has 0 saturated carbocycles. The van der Waals surface area contributed by atoms with Gasteiger partial charge in [-0.15, -0.1) is 0 Å². The number of allylic oxidation sites excluding steroid dienone is 2. The Labute approximate surface area is 268 Å². The molecule has 0 fully saturated rings. The fourth-order valence-electron chi connectivity index (χ4n) is 6.31. The third-order valence-corrected chi connectivity index (χ3v) is 8.40. The van der Waals surface area contributed by atoms with Crippen molar-refractivity contribution in [1.82, 2.24) is 0 Å². The molecule has 0 heterocycles. The van der Waals surface area contributed by atoms with Crippen LogP contribution in [0.25, 0.3) is 65.3 Å². The van der Waals surface area contributed by atoms with Crippen molar-refractivity contribution in [3.05, 3.63) is 164 Å². The molecule has 5 aromatic carbocycles. The number of rotatable bonds is 2. The summed E-state index contributed by atoms with van der Waals surface area (Å²) in [7, 11) is 0. The Morgan fingerprint density at radius 3 is 1.08 bits per heavy atom. The largest absolute Gasteiger partial charge is 0.270 e. The van der Waals surface area contributed by atoms with Gasteiger partial charge >= 0.3 is 0 Å². The number of halogens is 6. The van der Waals surface area contributed by atoms with Gasteiger partial charge in [-0.25, -0.2) is 46.6 Å². The van der Waals surface area contributed by atoms with Gasteiger partial charge < -0.3 is 0 Å². The molecule has 0 aromatic heterocycles. The van der Waals surface area contributed by atoms with Crippen molar-refractivity contribution in [3.8, 4) is 56.6 Å². The van der Waals surface area contributed by atoms with E-state index in [4.69, 9.17) is 13.1 Å². The molecule has 226 valence electrons. The zero-order valence-corrected chi connectivity index (χ0v) is 24.0. The molecule has 0 atom stereocenters. The normalized spacial score (nSPS) is 14.0. The molecule has 7 rings (SSSR count). The van der Waals surface area contributed by atoms with Crippen LogP contribution >= 0.6 is 0 Å². The van der Waals surface area contributed by atoms with Crippen LogP contribution in [0.5, 0.6) is 0 Å². The summed E-state index contributed by atoms with van der Waals surface area (Å²) in [5, 5.41) is 19.9. The standard InChI is InChI=1S/C38H12F6N4/c1-47-33(15-45)35-25-7-17(19-9-29(39)37(43)30(40)10-19)3-5-21(25)23-14-28-24(13-27(23)35)22-6-4-18(8-26(22)36(28)34(16-46)48-2)20-11-31(41)38(44)32(42)12-20/h3-14H. The number of benzene rings is 5. The molecule has 5 aromatic rings. The molecule has 4 nitrogen and oxygen atoms in total. The van der Waals surface area contributed by atoms with Crippen molar-refractivity contribution in [3.63, 3.8) is 0 Å². The number of hydrogen-bond acceptors (Lipinski definition) is 2. The van der Waals surface area contributed by atoms with Crippen molar-refractivity contribution in [1.29, 1.82) is 10.5 Å². The van der Waals surface area contributed by atoms with E-state index in [1.807, 2.05) is 12.1 Å². The number of fused-ring (bicyclic) bond motifs is 6. The lowest BCUT2D eigenvalue weighted by Gasteiger charge is -2.09. The van der Waals surface area contributed by atoms with E-state index in [2.05, 4.69) is 9.69 Å². The van der Waals surface area contributed by atoms with Gasteiger partial charge in [-0.1, -0.05) is 24.3 Å². The van der Waals surface area contributed by atoms with Gasteiger partial charge in [-0.05, 0) is 115 Å². The monoisotopic (exact) mass is 638 g/mol. The summed E-state index contributed by atoms with van der Waals surface area (Å²) < 4.78 is 83.8. The molecule has 10 heteroatoms. The van der Waals surface area contributed by atoms with Gasteiger partial charge in [0.05, 0.1) is 25.3 Å². The van der Waals surface area contributed by atoms with Crippen LogP contribution in [0.1, 0.15) is 22.3 Å². The van der Waals surface area contributed by atoms with E-state index < -0.39 is 34.9 Å². The number of hydrogen-bond donors (Lipinski definition) is 0. The van der Waals surface area contributed by atoms with Crippen molar-refractivity contribution in [2.24, 2.45) is 0 Å². The predicted octanol–water partition coefficient (Wildman–Crippen LogP) is 10.2. The molecule has 2 aliphatic rings. The fraction of sp³-hybridized carbons (Fsp3) is 0. The Bertz CT molecular complexity index is 2310. The average molecular weight is 639 g/mol. The average Bonchev–Trinajstić information content (AvgIpc) is 3.57. The molecule has 0 spiro atoms. The summed E-state index contributed by atoms with van der Waals surface area (Å²) in [6.45, 7) is 15.4. The Kier molecular flexibility index (Phi) is 6.76. The van der Waals surface area contributed by atoms with Crippen molar-refractivity contribution in [2.75, 3.05) is 0 Å². The van der Waals surface area contributed by atoms with Crippen molar-refractivity contribution >= 4 is 11.1 Å². The highest BCUT2D eigenvalue weighted by Crippen LogP contribution is 2.54. The third kappa shape index (κ3) is 4.29. The smallest absolute Gasteiger partial charge is 0.226 e. The molecular formula is C38H12F6N4. The zero-order chi connectivity index (χ0) is 34.0. The highest BCUT2D eigenvalue weighted by molar-refractivity contribution is 6.11. The summed E-state index contributed by atoms with van der Waals surface area (Å²) in [5.41, 5.74) is 4.45. The van der Waals surface area contributed by atoms with E-state index in [9.17, 15) is 36.9 Å². The molecule has 0 N–H and O–H groups in total. The van der Waals surface area contributed by atoms with E-state index in [1.165, 1.54) is 0 Å². The van der Waals surface area contributed by atoms with Crippen molar-refractivity contribution < 1.29 is 26.3 Å².